The standard InChI is InChI=1S/C21H24N4O2S/c1-21(2)9-12-16(13(26)10-21)15(11-7-5-6-8-14(11)27-3)17-18(22)24-20(28-4)25-19(17)23-12/h5-8,15H,9-10H2,1-4H3,(H3,22,23,24,25). The van der Waals surface area contributed by atoms with Gasteiger partial charge in [-0.05, 0) is 24.2 Å². The monoisotopic (exact) mass is 396 g/mol. The van der Waals surface area contributed by atoms with Crippen LogP contribution in [0.15, 0.2) is 40.7 Å². The molecule has 2 heterocycles. The van der Waals surface area contributed by atoms with Crippen LogP contribution in [0.5, 0.6) is 5.75 Å². The molecular weight excluding hydrogens is 372 g/mol. The molecule has 1 unspecified atom stereocenters. The van der Waals surface area contributed by atoms with E-state index >= 15 is 0 Å². The van der Waals surface area contributed by atoms with E-state index in [4.69, 9.17) is 10.5 Å². The summed E-state index contributed by atoms with van der Waals surface area (Å²) in [5.41, 5.74) is 9.60. The lowest BCUT2D eigenvalue weighted by molar-refractivity contribution is -0.118. The molecule has 7 heteroatoms. The second kappa shape index (κ2) is 6.81. The highest BCUT2D eigenvalue weighted by atomic mass is 32.2. The minimum atomic E-state index is -0.345. The van der Waals surface area contributed by atoms with Gasteiger partial charge >= 0.3 is 0 Å². The first-order chi connectivity index (χ1) is 13.3. The molecule has 0 radical (unpaired) electrons. The van der Waals surface area contributed by atoms with Crippen molar-refractivity contribution in [3.05, 3.63) is 46.7 Å². The molecule has 3 N–H and O–H groups in total. The number of aromatic nitrogens is 2. The maximum absolute atomic E-state index is 13.2. The minimum absolute atomic E-state index is 0.105. The van der Waals surface area contributed by atoms with E-state index in [0.29, 0.717) is 23.2 Å². The van der Waals surface area contributed by atoms with Gasteiger partial charge in [-0.3, -0.25) is 4.79 Å². The van der Waals surface area contributed by atoms with Crippen LogP contribution in [0.2, 0.25) is 0 Å². The fraction of sp³-hybridized carbons (Fsp3) is 0.381. The fourth-order valence-corrected chi connectivity index (χ4v) is 4.59. The minimum Gasteiger partial charge on any atom is -0.496 e. The summed E-state index contributed by atoms with van der Waals surface area (Å²) in [6.45, 7) is 4.23. The Balaban J connectivity index is 2.00. The molecule has 1 aliphatic carbocycles. The molecule has 4 rings (SSSR count). The number of carbonyl (C=O) groups excluding carboxylic acids is 1. The molecule has 0 saturated carbocycles. The number of nitrogens with one attached hydrogen (secondary N) is 1. The highest BCUT2D eigenvalue weighted by Crippen LogP contribution is 2.51. The Morgan fingerprint density at radius 1 is 1.25 bits per heavy atom. The third-order valence-corrected chi connectivity index (χ3v) is 5.90. The van der Waals surface area contributed by atoms with Gasteiger partial charge in [-0.25, -0.2) is 9.97 Å². The lowest BCUT2D eigenvalue weighted by atomic mass is 9.69. The van der Waals surface area contributed by atoms with E-state index in [2.05, 4.69) is 29.1 Å². The topological polar surface area (TPSA) is 90.1 Å². The Labute approximate surface area is 169 Å². The average molecular weight is 397 g/mol. The van der Waals surface area contributed by atoms with E-state index < -0.39 is 0 Å². The van der Waals surface area contributed by atoms with Crippen LogP contribution in [0.4, 0.5) is 11.6 Å². The quantitative estimate of drug-likeness (QED) is 0.599. The summed E-state index contributed by atoms with van der Waals surface area (Å²) in [7, 11) is 1.64. The number of benzene rings is 1. The average Bonchev–Trinajstić information content (AvgIpc) is 2.65. The number of thioether (sulfide) groups is 1. The maximum atomic E-state index is 13.2. The zero-order valence-electron chi connectivity index (χ0n) is 16.5. The zero-order valence-corrected chi connectivity index (χ0v) is 17.3. The van der Waals surface area contributed by atoms with Crippen molar-refractivity contribution in [1.82, 2.24) is 9.97 Å². The van der Waals surface area contributed by atoms with Gasteiger partial charge in [0, 0.05) is 28.8 Å². The van der Waals surface area contributed by atoms with Gasteiger partial charge in [0.15, 0.2) is 10.9 Å². The molecule has 0 fully saturated rings. The Hall–Kier alpha value is -2.54. The molecule has 28 heavy (non-hydrogen) atoms. The summed E-state index contributed by atoms with van der Waals surface area (Å²) in [6.07, 6.45) is 3.19. The van der Waals surface area contributed by atoms with Crippen LogP contribution in [0.1, 0.15) is 43.7 Å². The number of para-hydroxylation sites is 1. The number of rotatable bonds is 3. The van der Waals surface area contributed by atoms with Crippen molar-refractivity contribution in [3.63, 3.8) is 0 Å². The number of carbonyl (C=O) groups is 1. The van der Waals surface area contributed by atoms with E-state index in [9.17, 15) is 4.79 Å². The van der Waals surface area contributed by atoms with Gasteiger partial charge in [0.05, 0.1) is 13.0 Å². The van der Waals surface area contributed by atoms with Crippen LogP contribution in [-0.2, 0) is 4.79 Å². The number of nitrogens with two attached hydrogens (primary N) is 1. The fourth-order valence-electron chi connectivity index (χ4n) is 4.22. The molecule has 0 amide bonds. The number of hydrogen-bond acceptors (Lipinski definition) is 7. The Bertz CT molecular complexity index is 1000. The normalized spacial score (nSPS) is 20.3. The van der Waals surface area contributed by atoms with Gasteiger partial charge in [-0.15, -0.1) is 0 Å². The Morgan fingerprint density at radius 3 is 2.71 bits per heavy atom. The third-order valence-electron chi connectivity index (χ3n) is 5.35. The Kier molecular flexibility index (Phi) is 4.57. The van der Waals surface area contributed by atoms with Crippen molar-refractivity contribution in [2.45, 2.75) is 37.8 Å². The first-order valence-electron chi connectivity index (χ1n) is 9.22. The third kappa shape index (κ3) is 3.03. The number of ether oxygens (including phenoxy) is 1. The van der Waals surface area contributed by atoms with Crippen LogP contribution in [0.3, 0.4) is 0 Å². The van der Waals surface area contributed by atoms with Crippen molar-refractivity contribution in [2.75, 3.05) is 24.4 Å². The second-order valence-electron chi connectivity index (χ2n) is 7.99. The molecule has 6 nitrogen and oxygen atoms in total. The molecule has 2 aromatic rings. The summed E-state index contributed by atoms with van der Waals surface area (Å²) in [4.78, 5) is 22.4. The number of methoxy groups -OCH3 is 1. The lowest BCUT2D eigenvalue weighted by Gasteiger charge is -2.39. The van der Waals surface area contributed by atoms with E-state index in [1.54, 1.807) is 7.11 Å². The highest BCUT2D eigenvalue weighted by molar-refractivity contribution is 7.98. The van der Waals surface area contributed by atoms with Gasteiger partial charge in [-0.1, -0.05) is 43.8 Å². The van der Waals surface area contributed by atoms with Crippen molar-refractivity contribution in [1.29, 1.82) is 0 Å². The number of hydrogen-bond donors (Lipinski definition) is 2. The molecule has 1 aromatic carbocycles. The van der Waals surface area contributed by atoms with Gasteiger partial charge < -0.3 is 15.8 Å². The van der Waals surface area contributed by atoms with Gasteiger partial charge in [0.2, 0.25) is 0 Å². The van der Waals surface area contributed by atoms with Crippen LogP contribution < -0.4 is 15.8 Å². The van der Waals surface area contributed by atoms with Crippen molar-refractivity contribution in [3.8, 4) is 5.75 Å². The highest BCUT2D eigenvalue weighted by Gasteiger charge is 2.43. The van der Waals surface area contributed by atoms with Gasteiger partial charge in [-0.2, -0.15) is 0 Å². The largest absolute Gasteiger partial charge is 0.496 e. The van der Waals surface area contributed by atoms with Crippen LogP contribution in [-0.4, -0.2) is 29.1 Å². The lowest BCUT2D eigenvalue weighted by Crippen LogP contribution is -2.34. The predicted octanol–water partition coefficient (Wildman–Crippen LogP) is 3.99. The molecule has 1 atom stereocenters. The summed E-state index contributed by atoms with van der Waals surface area (Å²) in [5, 5.41) is 4.02. The van der Waals surface area contributed by atoms with Crippen molar-refractivity contribution >= 4 is 29.2 Å². The summed E-state index contributed by atoms with van der Waals surface area (Å²) >= 11 is 1.44. The van der Waals surface area contributed by atoms with E-state index in [1.165, 1.54) is 11.8 Å². The number of anilines is 2. The number of fused-ring (bicyclic) bond motifs is 1. The molecule has 0 saturated heterocycles. The summed E-state index contributed by atoms with van der Waals surface area (Å²) < 4.78 is 5.61. The van der Waals surface area contributed by atoms with Crippen LogP contribution in [0, 0.1) is 5.41 Å². The number of nitrogen functional groups attached to an aromatic ring is 1. The van der Waals surface area contributed by atoms with Gasteiger partial charge in [0.1, 0.15) is 17.4 Å². The van der Waals surface area contributed by atoms with Gasteiger partial charge in [0.25, 0.3) is 0 Å². The first kappa shape index (κ1) is 18.8. The Morgan fingerprint density at radius 2 is 2.00 bits per heavy atom. The van der Waals surface area contributed by atoms with E-state index in [0.717, 1.165) is 34.6 Å². The molecule has 1 aliphatic heterocycles. The van der Waals surface area contributed by atoms with Crippen molar-refractivity contribution in [2.24, 2.45) is 5.41 Å². The maximum Gasteiger partial charge on any atom is 0.191 e. The zero-order chi connectivity index (χ0) is 20.1. The molecule has 2 aliphatic rings. The summed E-state index contributed by atoms with van der Waals surface area (Å²) in [5.74, 6) is 1.58. The number of ketones is 1. The molecule has 0 spiro atoms. The molecule has 0 bridgehead atoms. The number of allylic oxidation sites excluding steroid dienone is 2. The number of Topliss-reactive ketones (excluding diaryl/α,β-unsaturated/α-hetero) is 1. The van der Waals surface area contributed by atoms with Crippen molar-refractivity contribution < 1.29 is 9.53 Å². The molecular formula is C21H24N4O2S. The molecule has 146 valence electrons. The van der Waals surface area contributed by atoms with Crippen LogP contribution in [0.25, 0.3) is 0 Å². The SMILES string of the molecule is COc1ccccc1C1C2=C(CC(C)(C)CC2=O)Nc2nc(SC)nc(N)c21. The first-order valence-corrected chi connectivity index (χ1v) is 10.4. The van der Waals surface area contributed by atoms with E-state index in [-0.39, 0.29) is 17.1 Å². The predicted molar refractivity (Wildman–Crippen MR) is 112 cm³/mol. The smallest absolute Gasteiger partial charge is 0.191 e. The summed E-state index contributed by atoms with van der Waals surface area (Å²) in [6, 6.07) is 7.76. The van der Waals surface area contributed by atoms with E-state index in [1.807, 2.05) is 30.5 Å². The molecule has 1 aromatic heterocycles. The second-order valence-corrected chi connectivity index (χ2v) is 8.76. The number of nitrogens with zero attached hydrogens (tertiary/aromatic N) is 2. The van der Waals surface area contributed by atoms with Crippen LogP contribution >= 0.6 is 11.8 Å².